The maximum absolute atomic E-state index is 13.1. The maximum atomic E-state index is 13.1. The summed E-state index contributed by atoms with van der Waals surface area (Å²) in [6.45, 7) is 16.3. The van der Waals surface area contributed by atoms with Gasteiger partial charge in [0.1, 0.15) is 12.0 Å². The number of unbranched alkanes of at least 4 members (excludes halogenated alkanes) is 1. The number of hydrogen-bond acceptors (Lipinski definition) is 4. The number of aromatic nitrogens is 2. The summed E-state index contributed by atoms with van der Waals surface area (Å²) in [4.78, 5) is 20.8. The molecular weight excluding hydrogens is 441 g/mol. The molecule has 1 saturated carbocycles. The zero-order valence-electron chi connectivity index (χ0n) is 22.0. The fourth-order valence-corrected chi connectivity index (χ4v) is 3.66. The van der Waals surface area contributed by atoms with Gasteiger partial charge in [0.15, 0.2) is 0 Å². The van der Waals surface area contributed by atoms with E-state index < -0.39 is 17.7 Å². The van der Waals surface area contributed by atoms with Gasteiger partial charge in [-0.05, 0) is 62.0 Å². The standard InChI is InChI=1S/C25H30FN3O2.C4H10/c1-6-19(15(4)9-16(5)25(31,7-2)8-3)22-10-17-14-28-23(11-18(17)13-27-22)29-24(30)20-12-21(20)26;1-3-4-2/h6,9-11,13-14,20-21,31H,5,7-8,12H2,1-4H3,(H,28,29,30);3-4H2,1-2H3/b15-9-,19-6+;. The molecule has 0 bridgehead atoms. The van der Waals surface area contributed by atoms with Crippen molar-refractivity contribution in [3.05, 3.63) is 60.1 Å². The van der Waals surface area contributed by atoms with Gasteiger partial charge in [-0.2, -0.15) is 0 Å². The minimum Gasteiger partial charge on any atom is -0.385 e. The number of nitrogens with one attached hydrogen (secondary N) is 1. The van der Waals surface area contributed by atoms with Crippen LogP contribution in [0.3, 0.4) is 0 Å². The zero-order valence-corrected chi connectivity index (χ0v) is 22.0. The lowest BCUT2D eigenvalue weighted by molar-refractivity contribution is -0.117. The molecule has 2 unspecified atom stereocenters. The molecule has 6 heteroatoms. The average molecular weight is 482 g/mol. The number of nitrogens with zero attached hydrogens (tertiary/aromatic N) is 2. The van der Waals surface area contributed by atoms with Gasteiger partial charge < -0.3 is 10.4 Å². The average Bonchev–Trinajstić information content (AvgIpc) is 3.60. The molecule has 3 rings (SSSR count). The van der Waals surface area contributed by atoms with Gasteiger partial charge in [-0.3, -0.25) is 9.78 Å². The monoisotopic (exact) mass is 481 g/mol. The van der Waals surface area contributed by atoms with E-state index in [9.17, 15) is 14.3 Å². The molecule has 0 spiro atoms. The number of rotatable bonds is 9. The molecule has 2 aromatic heterocycles. The first kappa shape index (κ1) is 28.4. The van der Waals surface area contributed by atoms with Gasteiger partial charge in [-0.25, -0.2) is 9.37 Å². The number of pyridine rings is 2. The second-order valence-electron chi connectivity index (χ2n) is 9.13. The highest BCUT2D eigenvalue weighted by atomic mass is 19.1. The molecule has 5 nitrogen and oxygen atoms in total. The van der Waals surface area contributed by atoms with Crippen molar-refractivity contribution in [2.75, 3.05) is 5.32 Å². The van der Waals surface area contributed by atoms with Crippen LogP contribution in [-0.2, 0) is 4.79 Å². The van der Waals surface area contributed by atoms with Gasteiger partial charge in [0.05, 0.1) is 17.2 Å². The lowest BCUT2D eigenvalue weighted by Gasteiger charge is -2.26. The highest BCUT2D eigenvalue weighted by molar-refractivity contribution is 5.96. The Morgan fingerprint density at radius 1 is 1.17 bits per heavy atom. The summed E-state index contributed by atoms with van der Waals surface area (Å²) in [5.74, 6) is -0.499. The molecule has 35 heavy (non-hydrogen) atoms. The number of alkyl halides is 1. The zero-order chi connectivity index (χ0) is 26.2. The topological polar surface area (TPSA) is 75.1 Å². The van der Waals surface area contributed by atoms with Crippen LogP contribution in [0, 0.1) is 5.92 Å². The summed E-state index contributed by atoms with van der Waals surface area (Å²) in [5.41, 5.74) is 2.46. The third-order valence-electron chi connectivity index (χ3n) is 6.55. The predicted octanol–water partition coefficient (Wildman–Crippen LogP) is 7.19. The van der Waals surface area contributed by atoms with Crippen molar-refractivity contribution in [2.45, 2.75) is 85.4 Å². The van der Waals surface area contributed by atoms with E-state index in [0.29, 0.717) is 24.2 Å². The van der Waals surface area contributed by atoms with E-state index in [-0.39, 0.29) is 12.3 Å². The first-order chi connectivity index (χ1) is 16.6. The Kier molecular flexibility index (Phi) is 10.3. The molecule has 1 aliphatic rings. The van der Waals surface area contributed by atoms with Crippen LogP contribution in [0.4, 0.5) is 10.2 Å². The van der Waals surface area contributed by atoms with Crippen LogP contribution >= 0.6 is 0 Å². The largest absolute Gasteiger partial charge is 0.385 e. The van der Waals surface area contributed by atoms with E-state index in [2.05, 4.69) is 35.7 Å². The Labute approximate surface area is 209 Å². The van der Waals surface area contributed by atoms with E-state index in [1.165, 1.54) is 12.8 Å². The fraction of sp³-hybridized carbons (Fsp3) is 0.483. The number of halogens is 1. The summed E-state index contributed by atoms with van der Waals surface area (Å²) in [7, 11) is 0. The SMILES string of the molecule is C=C(/C=C(C)\C(=C/C)c1cc2cnc(NC(=O)C3CC3F)cc2cn1)C(O)(CC)CC.CCCC. The number of carbonyl (C=O) groups is 1. The Hall–Kier alpha value is -2.86. The Balaban J connectivity index is 0.00000100. The van der Waals surface area contributed by atoms with E-state index in [1.807, 2.05) is 45.9 Å². The lowest BCUT2D eigenvalue weighted by atomic mass is 9.87. The molecular formula is C29H40FN3O2. The number of amides is 1. The third kappa shape index (κ3) is 7.31. The number of aliphatic hydroxyl groups is 1. The smallest absolute Gasteiger partial charge is 0.231 e. The second-order valence-corrected chi connectivity index (χ2v) is 9.13. The van der Waals surface area contributed by atoms with Crippen molar-refractivity contribution in [1.82, 2.24) is 9.97 Å². The maximum Gasteiger partial charge on any atom is 0.231 e. The number of allylic oxidation sites excluding steroid dienone is 3. The summed E-state index contributed by atoms with van der Waals surface area (Å²) >= 11 is 0. The van der Waals surface area contributed by atoms with Crippen LogP contribution in [-0.4, -0.2) is 32.8 Å². The van der Waals surface area contributed by atoms with Gasteiger partial charge in [-0.15, -0.1) is 0 Å². The van der Waals surface area contributed by atoms with Crippen LogP contribution in [0.25, 0.3) is 16.3 Å². The van der Waals surface area contributed by atoms with E-state index in [0.717, 1.165) is 27.6 Å². The molecule has 2 atom stereocenters. The minimum absolute atomic E-state index is 0.281. The molecule has 190 valence electrons. The summed E-state index contributed by atoms with van der Waals surface area (Å²) in [5, 5.41) is 15.1. The van der Waals surface area contributed by atoms with Crippen molar-refractivity contribution >= 4 is 28.1 Å². The fourth-order valence-electron chi connectivity index (χ4n) is 3.66. The Bertz CT molecular complexity index is 1100. The van der Waals surface area contributed by atoms with Crippen molar-refractivity contribution in [3.63, 3.8) is 0 Å². The van der Waals surface area contributed by atoms with Gasteiger partial charge >= 0.3 is 0 Å². The number of fused-ring (bicyclic) bond motifs is 1. The molecule has 2 aromatic rings. The Morgan fingerprint density at radius 3 is 2.26 bits per heavy atom. The minimum atomic E-state index is -1.04. The van der Waals surface area contributed by atoms with Crippen LogP contribution in [0.5, 0.6) is 0 Å². The summed E-state index contributed by atoms with van der Waals surface area (Å²) in [6.07, 6.45) is 10.4. The van der Waals surface area contributed by atoms with Crippen molar-refractivity contribution in [1.29, 1.82) is 0 Å². The van der Waals surface area contributed by atoms with Crippen LogP contribution in [0.15, 0.2) is 54.4 Å². The number of carbonyl (C=O) groups excluding carboxylic acids is 1. The van der Waals surface area contributed by atoms with E-state index >= 15 is 0 Å². The van der Waals surface area contributed by atoms with E-state index in [1.54, 1.807) is 18.5 Å². The number of anilines is 1. The molecule has 1 aliphatic carbocycles. The first-order valence-electron chi connectivity index (χ1n) is 12.6. The van der Waals surface area contributed by atoms with Crippen molar-refractivity contribution < 1.29 is 14.3 Å². The molecule has 1 fully saturated rings. The highest BCUT2D eigenvalue weighted by Crippen LogP contribution is 2.35. The molecule has 0 saturated heterocycles. The molecule has 2 heterocycles. The van der Waals surface area contributed by atoms with Crippen LogP contribution < -0.4 is 5.32 Å². The van der Waals surface area contributed by atoms with Crippen molar-refractivity contribution in [3.8, 4) is 0 Å². The highest BCUT2D eigenvalue weighted by Gasteiger charge is 2.43. The van der Waals surface area contributed by atoms with Crippen molar-refractivity contribution in [2.24, 2.45) is 5.92 Å². The van der Waals surface area contributed by atoms with Gasteiger partial charge in [0.2, 0.25) is 5.91 Å². The molecule has 1 amide bonds. The third-order valence-corrected chi connectivity index (χ3v) is 6.55. The van der Waals surface area contributed by atoms with Gasteiger partial charge in [0, 0.05) is 23.2 Å². The van der Waals surface area contributed by atoms with E-state index in [4.69, 9.17) is 0 Å². The summed E-state index contributed by atoms with van der Waals surface area (Å²) < 4.78 is 13.1. The molecule has 0 aromatic carbocycles. The van der Waals surface area contributed by atoms with Gasteiger partial charge in [0.25, 0.3) is 0 Å². The quantitative estimate of drug-likeness (QED) is 0.372. The summed E-state index contributed by atoms with van der Waals surface area (Å²) in [6, 6.07) is 3.68. The van der Waals surface area contributed by atoms with Crippen LogP contribution in [0.2, 0.25) is 0 Å². The predicted molar refractivity (Wildman–Crippen MR) is 144 cm³/mol. The van der Waals surface area contributed by atoms with Crippen LogP contribution in [0.1, 0.15) is 79.3 Å². The molecule has 0 aliphatic heterocycles. The Morgan fingerprint density at radius 2 is 1.74 bits per heavy atom. The van der Waals surface area contributed by atoms with Gasteiger partial charge in [-0.1, -0.05) is 59.3 Å². The second kappa shape index (κ2) is 12.7. The first-order valence-corrected chi connectivity index (χ1v) is 12.6. The molecule has 2 N–H and O–H groups in total. The normalized spacial score (nSPS) is 18.1. The lowest BCUT2D eigenvalue weighted by Crippen LogP contribution is -2.28. The molecule has 0 radical (unpaired) electrons. The number of hydrogen-bond donors (Lipinski definition) is 2.